The first-order valence-electron chi connectivity index (χ1n) is 12.3. The van der Waals surface area contributed by atoms with E-state index in [-0.39, 0.29) is 17.3 Å². The topological polar surface area (TPSA) is 54.5 Å². The van der Waals surface area contributed by atoms with E-state index in [1.807, 2.05) is 74.2 Å². The van der Waals surface area contributed by atoms with Crippen LogP contribution >= 0.6 is 27.5 Å². The minimum absolute atomic E-state index is 0.0185. The largest absolute Gasteiger partial charge is 0.352 e. The molecule has 2 heterocycles. The molecule has 3 aliphatic rings. The van der Waals surface area contributed by atoms with Gasteiger partial charge in [-0.15, -0.1) is 0 Å². The Morgan fingerprint density at radius 2 is 1.57 bits per heavy atom. The van der Waals surface area contributed by atoms with Crippen LogP contribution in [0.25, 0.3) is 6.08 Å². The summed E-state index contributed by atoms with van der Waals surface area (Å²) in [5.74, 6) is -1.14. The highest BCUT2D eigenvalue weighted by Crippen LogP contribution is 2.61. The van der Waals surface area contributed by atoms with Gasteiger partial charge in [-0.3, -0.25) is 14.4 Å². The van der Waals surface area contributed by atoms with Crippen molar-refractivity contribution < 1.29 is 14.4 Å². The third-order valence-electron chi connectivity index (χ3n) is 8.00. The van der Waals surface area contributed by atoms with Crippen LogP contribution in [0.5, 0.6) is 0 Å². The number of ketones is 3. The molecule has 186 valence electrons. The van der Waals surface area contributed by atoms with Gasteiger partial charge in [-0.1, -0.05) is 96.9 Å². The van der Waals surface area contributed by atoms with Crippen molar-refractivity contribution in [3.63, 3.8) is 0 Å². The van der Waals surface area contributed by atoms with Crippen LogP contribution in [-0.2, 0) is 4.79 Å². The van der Waals surface area contributed by atoms with E-state index < -0.39 is 28.8 Å². The van der Waals surface area contributed by atoms with Gasteiger partial charge in [0.05, 0.1) is 12.1 Å². The molecule has 1 saturated heterocycles. The monoisotopic (exact) mass is 573 g/mol. The molecule has 1 fully saturated rings. The van der Waals surface area contributed by atoms with E-state index in [2.05, 4.69) is 15.9 Å². The van der Waals surface area contributed by atoms with Gasteiger partial charge in [-0.2, -0.15) is 0 Å². The highest BCUT2D eigenvalue weighted by molar-refractivity contribution is 9.10. The number of benzene rings is 3. The van der Waals surface area contributed by atoms with Crippen LogP contribution < -0.4 is 4.90 Å². The third kappa shape index (κ3) is 3.30. The van der Waals surface area contributed by atoms with Gasteiger partial charge in [0.25, 0.3) is 0 Å². The predicted octanol–water partition coefficient (Wildman–Crippen LogP) is 7.15. The second kappa shape index (κ2) is 8.24. The van der Waals surface area contributed by atoms with Gasteiger partial charge >= 0.3 is 0 Å². The average Bonchev–Trinajstić information content (AvgIpc) is 3.29. The number of halogens is 2. The molecule has 0 amide bonds. The van der Waals surface area contributed by atoms with Crippen molar-refractivity contribution in [3.05, 3.63) is 105 Å². The molecule has 0 saturated carbocycles. The molecule has 6 rings (SSSR count). The van der Waals surface area contributed by atoms with Crippen molar-refractivity contribution in [2.45, 2.75) is 38.8 Å². The molecule has 3 aromatic rings. The molecule has 0 bridgehead atoms. The van der Waals surface area contributed by atoms with E-state index in [0.29, 0.717) is 16.1 Å². The molecule has 2 aliphatic heterocycles. The van der Waals surface area contributed by atoms with E-state index in [9.17, 15) is 14.4 Å². The van der Waals surface area contributed by atoms with E-state index in [4.69, 9.17) is 11.6 Å². The molecule has 3 atom stereocenters. The molecule has 6 heteroatoms. The molecule has 4 nitrogen and oxygen atoms in total. The second-order valence-electron chi connectivity index (χ2n) is 11.1. The number of rotatable bonds is 2. The first-order chi connectivity index (χ1) is 17.6. The summed E-state index contributed by atoms with van der Waals surface area (Å²) in [6.45, 7) is 5.68. The fraction of sp³-hybridized carbons (Fsp3) is 0.258. The number of carbonyl (C=O) groups excluding carboxylic acids is 3. The highest BCUT2D eigenvalue weighted by Gasteiger charge is 2.71. The first-order valence-corrected chi connectivity index (χ1v) is 13.5. The fourth-order valence-electron chi connectivity index (χ4n) is 6.43. The standard InChI is InChI=1S/C31H25BrClNO3/c1-30(2,3)29(37)26-25(17-8-11-19(32)12-9-17)31(27(35)21-6-4-5-7-22(21)28(31)36)24-15-10-18-16-20(33)13-14-23(18)34(24)26/h4-16,24-26H,1-3H3. The average molecular weight is 575 g/mol. The zero-order valence-electron chi connectivity index (χ0n) is 20.7. The van der Waals surface area contributed by atoms with Crippen LogP contribution in [0.2, 0.25) is 5.02 Å². The van der Waals surface area contributed by atoms with Crippen LogP contribution in [0.15, 0.2) is 77.3 Å². The van der Waals surface area contributed by atoms with Crippen molar-refractivity contribution >= 4 is 56.6 Å². The van der Waals surface area contributed by atoms with E-state index in [0.717, 1.165) is 21.3 Å². The summed E-state index contributed by atoms with van der Waals surface area (Å²) in [5.41, 5.74) is 1.12. The molecule has 0 N–H and O–H groups in total. The summed E-state index contributed by atoms with van der Waals surface area (Å²) in [6.07, 6.45) is 3.85. The van der Waals surface area contributed by atoms with Crippen LogP contribution in [0, 0.1) is 10.8 Å². The Morgan fingerprint density at radius 1 is 0.946 bits per heavy atom. The zero-order valence-corrected chi connectivity index (χ0v) is 23.0. The first kappa shape index (κ1) is 24.3. The Kier molecular flexibility index (Phi) is 5.42. The lowest BCUT2D eigenvalue weighted by Gasteiger charge is -2.38. The fourth-order valence-corrected chi connectivity index (χ4v) is 6.88. The van der Waals surface area contributed by atoms with Crippen LogP contribution in [0.1, 0.15) is 58.5 Å². The Morgan fingerprint density at radius 3 is 2.16 bits per heavy atom. The number of hydrogen-bond donors (Lipinski definition) is 0. The summed E-state index contributed by atoms with van der Waals surface area (Å²) < 4.78 is 0.881. The van der Waals surface area contributed by atoms with Gasteiger partial charge in [-0.05, 0) is 41.5 Å². The van der Waals surface area contributed by atoms with Gasteiger partial charge in [0.2, 0.25) is 0 Å². The normalized spacial score (nSPS) is 23.3. The van der Waals surface area contributed by atoms with Crippen molar-refractivity contribution in [2.75, 3.05) is 4.90 Å². The molecular formula is C31H25BrClNO3. The SMILES string of the molecule is CC(C)(C)C(=O)C1C(c2ccc(Br)cc2)C2(C(=O)c3ccccc3C2=O)C2C=Cc3cc(Cl)ccc3N12. The van der Waals surface area contributed by atoms with E-state index >= 15 is 0 Å². The highest BCUT2D eigenvalue weighted by atomic mass is 79.9. The van der Waals surface area contributed by atoms with Gasteiger partial charge in [0.15, 0.2) is 17.3 Å². The molecule has 0 radical (unpaired) electrons. The van der Waals surface area contributed by atoms with Crippen molar-refractivity contribution in [3.8, 4) is 0 Å². The summed E-state index contributed by atoms with van der Waals surface area (Å²) in [5, 5.41) is 0.583. The Hall–Kier alpha value is -3.02. The van der Waals surface area contributed by atoms with E-state index in [1.165, 1.54) is 0 Å². The van der Waals surface area contributed by atoms with Crippen LogP contribution in [-0.4, -0.2) is 29.4 Å². The Labute approximate surface area is 229 Å². The van der Waals surface area contributed by atoms with Crippen LogP contribution in [0.3, 0.4) is 0 Å². The molecule has 3 unspecified atom stereocenters. The summed E-state index contributed by atoms with van der Waals surface area (Å²) in [6, 6.07) is 18.9. The minimum atomic E-state index is -1.48. The maximum atomic E-state index is 14.5. The number of fused-ring (bicyclic) bond motifs is 5. The lowest BCUT2D eigenvalue weighted by Crippen LogP contribution is -2.49. The quantitative estimate of drug-likeness (QED) is 0.305. The molecule has 3 aromatic carbocycles. The Bertz CT molecular complexity index is 1480. The van der Waals surface area contributed by atoms with Gasteiger partial charge < -0.3 is 4.90 Å². The number of anilines is 1. The Balaban J connectivity index is 1.70. The van der Waals surface area contributed by atoms with Crippen molar-refractivity contribution in [1.82, 2.24) is 0 Å². The minimum Gasteiger partial charge on any atom is -0.352 e. The van der Waals surface area contributed by atoms with Gasteiger partial charge in [0.1, 0.15) is 5.41 Å². The molecule has 37 heavy (non-hydrogen) atoms. The van der Waals surface area contributed by atoms with E-state index in [1.54, 1.807) is 30.3 Å². The van der Waals surface area contributed by atoms with Gasteiger partial charge in [-0.25, -0.2) is 0 Å². The molecular weight excluding hydrogens is 550 g/mol. The predicted molar refractivity (Wildman–Crippen MR) is 149 cm³/mol. The number of hydrogen-bond acceptors (Lipinski definition) is 4. The van der Waals surface area contributed by atoms with Gasteiger partial charge in [0, 0.05) is 37.6 Å². The summed E-state index contributed by atoms with van der Waals surface area (Å²) in [4.78, 5) is 45.4. The van der Waals surface area contributed by atoms with Crippen LogP contribution in [0.4, 0.5) is 5.69 Å². The van der Waals surface area contributed by atoms with Crippen molar-refractivity contribution in [2.24, 2.45) is 10.8 Å². The lowest BCUT2D eigenvalue weighted by molar-refractivity contribution is -0.127. The molecule has 1 spiro atoms. The third-order valence-corrected chi connectivity index (χ3v) is 8.77. The molecule has 1 aliphatic carbocycles. The smallest absolute Gasteiger partial charge is 0.180 e. The van der Waals surface area contributed by atoms with Crippen molar-refractivity contribution in [1.29, 1.82) is 0 Å². The zero-order chi connectivity index (χ0) is 26.3. The lowest BCUT2D eigenvalue weighted by atomic mass is 9.63. The summed E-state index contributed by atoms with van der Waals surface area (Å²) >= 11 is 9.83. The maximum Gasteiger partial charge on any atom is 0.180 e. The summed E-state index contributed by atoms with van der Waals surface area (Å²) in [7, 11) is 0. The maximum absolute atomic E-state index is 14.5. The number of nitrogens with zero attached hydrogens (tertiary/aromatic N) is 1. The molecule has 0 aromatic heterocycles. The number of Topliss-reactive ketones (excluding diaryl/α,β-unsaturated/α-hetero) is 3. The number of carbonyl (C=O) groups is 3. The second-order valence-corrected chi connectivity index (χ2v) is 12.4.